The zero-order valence-electron chi connectivity index (χ0n) is 15.9. The van der Waals surface area contributed by atoms with Gasteiger partial charge in [-0.25, -0.2) is 4.98 Å². The number of hydrogen-bond donors (Lipinski definition) is 1. The number of rotatable bonds is 6. The highest BCUT2D eigenvalue weighted by atomic mass is 32.1. The van der Waals surface area contributed by atoms with Gasteiger partial charge >= 0.3 is 0 Å². The van der Waals surface area contributed by atoms with Gasteiger partial charge in [-0.15, -0.1) is 11.3 Å². The molecule has 0 unspecified atom stereocenters. The van der Waals surface area contributed by atoms with Gasteiger partial charge < -0.3 is 14.7 Å². The molecule has 1 aromatic heterocycles. The maximum Gasteiger partial charge on any atom is 0.227 e. The molecule has 7 heteroatoms. The van der Waals surface area contributed by atoms with Gasteiger partial charge in [0.1, 0.15) is 0 Å². The Balaban J connectivity index is 1.62. The van der Waals surface area contributed by atoms with Gasteiger partial charge in [0, 0.05) is 43.7 Å². The van der Waals surface area contributed by atoms with Gasteiger partial charge in [0.25, 0.3) is 0 Å². The predicted octanol–water partition coefficient (Wildman–Crippen LogP) is 1.62. The maximum absolute atomic E-state index is 12.9. The molecular formula is C19H31N3O3S. The van der Waals surface area contributed by atoms with E-state index < -0.39 is 0 Å². The fraction of sp³-hybridized carbons (Fsp3) is 0.789. The van der Waals surface area contributed by atoms with Crippen molar-refractivity contribution in [2.75, 3.05) is 46.0 Å². The molecule has 0 spiro atoms. The van der Waals surface area contributed by atoms with Crippen LogP contribution in [-0.4, -0.2) is 77.8 Å². The van der Waals surface area contributed by atoms with Gasteiger partial charge in [0.05, 0.1) is 30.3 Å². The number of nitrogens with zero attached hydrogens (tertiary/aromatic N) is 3. The topological polar surface area (TPSA) is 65.9 Å². The number of aromatic nitrogens is 1. The fourth-order valence-electron chi connectivity index (χ4n) is 4.26. The molecule has 2 saturated heterocycles. The lowest BCUT2D eigenvalue weighted by Crippen LogP contribution is -2.55. The number of hydrogen-bond acceptors (Lipinski definition) is 6. The number of carbonyl (C=O) groups excluding carboxylic acids is 1. The molecule has 0 aliphatic carbocycles. The molecule has 0 aromatic carbocycles. The number of thiazole rings is 1. The van der Waals surface area contributed by atoms with Crippen LogP contribution in [0.1, 0.15) is 34.8 Å². The van der Waals surface area contributed by atoms with Gasteiger partial charge in [-0.2, -0.15) is 0 Å². The molecule has 2 fully saturated rings. The SMILES string of the molecule is Cc1nc(C)c(CC(=O)N2CC[C@H](N3CCOCC3)[C@H](CCCO)C2)s1. The van der Waals surface area contributed by atoms with E-state index in [1.165, 1.54) is 0 Å². The van der Waals surface area contributed by atoms with Gasteiger partial charge in [-0.3, -0.25) is 9.69 Å². The molecule has 0 radical (unpaired) electrons. The van der Waals surface area contributed by atoms with Crippen LogP contribution in [0.4, 0.5) is 0 Å². The van der Waals surface area contributed by atoms with E-state index in [4.69, 9.17) is 4.74 Å². The van der Waals surface area contributed by atoms with E-state index in [-0.39, 0.29) is 12.5 Å². The van der Waals surface area contributed by atoms with Crippen molar-refractivity contribution in [2.24, 2.45) is 5.92 Å². The molecule has 3 rings (SSSR count). The van der Waals surface area contributed by atoms with E-state index in [1.807, 2.05) is 18.7 Å². The first-order valence-corrected chi connectivity index (χ1v) is 10.5. The Bertz CT molecular complexity index is 601. The maximum atomic E-state index is 12.9. The largest absolute Gasteiger partial charge is 0.396 e. The lowest BCUT2D eigenvalue weighted by atomic mass is 9.86. The molecule has 1 amide bonds. The second kappa shape index (κ2) is 9.26. The molecule has 2 aliphatic heterocycles. The van der Waals surface area contributed by atoms with Crippen LogP contribution >= 0.6 is 11.3 Å². The summed E-state index contributed by atoms with van der Waals surface area (Å²) in [6.07, 6.45) is 3.26. The molecule has 6 nitrogen and oxygen atoms in total. The number of amides is 1. The molecule has 3 heterocycles. The van der Waals surface area contributed by atoms with Crippen LogP contribution in [0.25, 0.3) is 0 Å². The minimum absolute atomic E-state index is 0.214. The van der Waals surface area contributed by atoms with Crippen LogP contribution in [0, 0.1) is 19.8 Å². The molecule has 1 aromatic rings. The van der Waals surface area contributed by atoms with Crippen LogP contribution in [0.2, 0.25) is 0 Å². The lowest BCUT2D eigenvalue weighted by molar-refractivity contribution is -0.134. The van der Waals surface area contributed by atoms with E-state index in [1.54, 1.807) is 11.3 Å². The first kappa shape index (κ1) is 19.7. The van der Waals surface area contributed by atoms with Gasteiger partial charge in [0.15, 0.2) is 0 Å². The molecule has 0 saturated carbocycles. The number of piperidine rings is 1. The summed E-state index contributed by atoms with van der Waals surface area (Å²) in [4.78, 5) is 23.0. The summed E-state index contributed by atoms with van der Waals surface area (Å²) < 4.78 is 5.49. The molecular weight excluding hydrogens is 350 g/mol. The number of carbonyl (C=O) groups is 1. The Morgan fingerprint density at radius 3 is 2.73 bits per heavy atom. The summed E-state index contributed by atoms with van der Waals surface area (Å²) in [5, 5.41) is 10.3. The first-order chi connectivity index (χ1) is 12.6. The van der Waals surface area contributed by atoms with Crippen molar-refractivity contribution in [1.29, 1.82) is 0 Å². The minimum atomic E-state index is 0.214. The monoisotopic (exact) mass is 381 g/mol. The first-order valence-electron chi connectivity index (χ1n) is 9.72. The normalized spacial score (nSPS) is 24.8. The Kier molecular flexibility index (Phi) is 7.03. The molecule has 2 aliphatic rings. The van der Waals surface area contributed by atoms with Crippen molar-refractivity contribution in [3.8, 4) is 0 Å². The summed E-state index contributed by atoms with van der Waals surface area (Å²) in [6, 6.07) is 0.502. The number of morpholine rings is 1. The van der Waals surface area contributed by atoms with Crippen molar-refractivity contribution in [2.45, 2.75) is 45.6 Å². The van der Waals surface area contributed by atoms with Crippen molar-refractivity contribution in [3.63, 3.8) is 0 Å². The summed E-state index contributed by atoms with van der Waals surface area (Å²) in [6.45, 7) is 9.39. The van der Waals surface area contributed by atoms with Crippen LogP contribution in [0.3, 0.4) is 0 Å². The van der Waals surface area contributed by atoms with Gasteiger partial charge in [-0.05, 0) is 39.0 Å². The highest BCUT2D eigenvalue weighted by molar-refractivity contribution is 7.11. The van der Waals surface area contributed by atoms with Crippen LogP contribution in [-0.2, 0) is 16.0 Å². The van der Waals surface area contributed by atoms with Crippen LogP contribution in [0.5, 0.6) is 0 Å². The Hall–Kier alpha value is -1.02. The number of likely N-dealkylation sites (tertiary alicyclic amines) is 1. The second-order valence-electron chi connectivity index (χ2n) is 7.39. The number of aliphatic hydroxyl groups excluding tert-OH is 1. The average Bonchev–Trinajstić information content (AvgIpc) is 2.97. The summed E-state index contributed by atoms with van der Waals surface area (Å²) >= 11 is 1.63. The van der Waals surface area contributed by atoms with E-state index in [9.17, 15) is 9.90 Å². The minimum Gasteiger partial charge on any atom is -0.396 e. The lowest BCUT2D eigenvalue weighted by Gasteiger charge is -2.45. The summed E-state index contributed by atoms with van der Waals surface area (Å²) in [5.74, 6) is 0.647. The van der Waals surface area contributed by atoms with E-state index >= 15 is 0 Å². The van der Waals surface area contributed by atoms with E-state index in [2.05, 4.69) is 9.88 Å². The van der Waals surface area contributed by atoms with Crippen LogP contribution < -0.4 is 0 Å². The second-order valence-corrected chi connectivity index (χ2v) is 8.68. The molecule has 26 heavy (non-hydrogen) atoms. The molecule has 146 valence electrons. The zero-order chi connectivity index (χ0) is 18.5. The number of ether oxygens (including phenoxy) is 1. The molecule has 0 bridgehead atoms. The highest BCUT2D eigenvalue weighted by Crippen LogP contribution is 2.28. The third kappa shape index (κ3) is 4.82. The fourth-order valence-corrected chi connectivity index (χ4v) is 5.19. The Morgan fingerprint density at radius 2 is 2.08 bits per heavy atom. The van der Waals surface area contributed by atoms with E-state index in [0.717, 1.165) is 74.2 Å². The third-order valence-corrected chi connectivity index (χ3v) is 6.68. The zero-order valence-corrected chi connectivity index (χ0v) is 16.8. The standard InChI is InChI=1S/C19H31N3O3S/c1-14-18(26-15(2)20-14)12-19(24)22-6-5-17(16(13-22)4-3-9-23)21-7-10-25-11-8-21/h16-17,23H,3-13H2,1-2H3/t16-,17+/m1/s1. The van der Waals surface area contributed by atoms with Crippen molar-refractivity contribution < 1.29 is 14.6 Å². The van der Waals surface area contributed by atoms with Crippen molar-refractivity contribution in [3.05, 3.63) is 15.6 Å². The predicted molar refractivity (Wildman–Crippen MR) is 102 cm³/mol. The number of aryl methyl sites for hydroxylation is 2. The van der Waals surface area contributed by atoms with Crippen molar-refractivity contribution in [1.82, 2.24) is 14.8 Å². The van der Waals surface area contributed by atoms with Gasteiger partial charge in [-0.1, -0.05) is 0 Å². The summed E-state index contributed by atoms with van der Waals surface area (Å²) in [7, 11) is 0. The molecule has 2 atom stereocenters. The molecule has 1 N–H and O–H groups in total. The average molecular weight is 382 g/mol. The third-order valence-electron chi connectivity index (χ3n) is 5.61. The smallest absolute Gasteiger partial charge is 0.227 e. The quantitative estimate of drug-likeness (QED) is 0.811. The number of aliphatic hydroxyl groups is 1. The highest BCUT2D eigenvalue weighted by Gasteiger charge is 2.35. The summed E-state index contributed by atoms with van der Waals surface area (Å²) in [5.41, 5.74) is 0.987. The van der Waals surface area contributed by atoms with Gasteiger partial charge in [0.2, 0.25) is 5.91 Å². The van der Waals surface area contributed by atoms with Crippen molar-refractivity contribution >= 4 is 17.2 Å². The Morgan fingerprint density at radius 1 is 1.31 bits per heavy atom. The van der Waals surface area contributed by atoms with Crippen LogP contribution in [0.15, 0.2) is 0 Å². The van der Waals surface area contributed by atoms with E-state index in [0.29, 0.717) is 18.4 Å². The Labute approximate surface area is 160 Å².